The molecule has 6 heteroatoms. The number of pyridine rings is 1. The number of aryl methyl sites for hydroxylation is 1. The van der Waals surface area contributed by atoms with E-state index in [1.54, 1.807) is 36.4 Å². The molecule has 0 bridgehead atoms. The van der Waals surface area contributed by atoms with E-state index in [4.69, 9.17) is 14.2 Å². The average Bonchev–Trinajstić information content (AvgIpc) is 3.02. The predicted molar refractivity (Wildman–Crippen MR) is 168 cm³/mol. The molecule has 0 N–H and O–H groups in total. The summed E-state index contributed by atoms with van der Waals surface area (Å²) in [6.45, 7) is 6.72. The van der Waals surface area contributed by atoms with Gasteiger partial charge in [-0.05, 0) is 85.8 Å². The molecule has 0 aliphatic carbocycles. The van der Waals surface area contributed by atoms with E-state index < -0.39 is 5.97 Å². The molecule has 0 spiro atoms. The summed E-state index contributed by atoms with van der Waals surface area (Å²) >= 11 is 0. The molecule has 0 saturated carbocycles. The van der Waals surface area contributed by atoms with Crippen LogP contribution < -0.4 is 9.47 Å². The third-order valence-electron chi connectivity index (χ3n) is 7.06. The van der Waals surface area contributed by atoms with Crippen molar-refractivity contribution in [3.05, 3.63) is 90.6 Å². The number of carbonyl (C=O) groups is 2. The lowest BCUT2D eigenvalue weighted by molar-refractivity contribution is -0.137. The van der Waals surface area contributed by atoms with Gasteiger partial charge in [0.25, 0.3) is 0 Å². The summed E-state index contributed by atoms with van der Waals surface area (Å²) in [5.74, 6) is 0.477. The van der Waals surface area contributed by atoms with Crippen LogP contribution in [0.15, 0.2) is 79.5 Å². The summed E-state index contributed by atoms with van der Waals surface area (Å²) in [4.78, 5) is 28.2. The first-order valence-electron chi connectivity index (χ1n) is 15.4. The van der Waals surface area contributed by atoms with Crippen LogP contribution in [0.25, 0.3) is 11.3 Å². The first kappa shape index (κ1) is 32.6. The van der Waals surface area contributed by atoms with Gasteiger partial charge in [-0.1, -0.05) is 70.9 Å². The lowest BCUT2D eigenvalue weighted by Crippen LogP contribution is -2.08. The number of nitrogens with zero attached hydrogens (tertiary/aromatic N) is 1. The van der Waals surface area contributed by atoms with Crippen molar-refractivity contribution < 1.29 is 23.8 Å². The number of unbranched alkanes of at least 4 members (excludes halogenated alkanes) is 9. The second-order valence-corrected chi connectivity index (χ2v) is 10.5. The van der Waals surface area contributed by atoms with Gasteiger partial charge in [0.1, 0.15) is 11.5 Å². The fourth-order valence-electron chi connectivity index (χ4n) is 4.56. The fraction of sp³-hybridized carbons (Fsp3) is 0.417. The Bertz CT molecular complexity index is 1200. The van der Waals surface area contributed by atoms with Gasteiger partial charge >= 0.3 is 11.9 Å². The second kappa shape index (κ2) is 19.2. The van der Waals surface area contributed by atoms with E-state index in [1.807, 2.05) is 18.3 Å². The highest BCUT2D eigenvalue weighted by Gasteiger charge is 2.10. The van der Waals surface area contributed by atoms with Crippen molar-refractivity contribution in [1.29, 1.82) is 0 Å². The number of benzene rings is 2. The van der Waals surface area contributed by atoms with E-state index in [0.29, 0.717) is 24.5 Å². The highest BCUT2D eigenvalue weighted by Crippen LogP contribution is 2.23. The van der Waals surface area contributed by atoms with Crippen LogP contribution in [0.1, 0.15) is 93.5 Å². The van der Waals surface area contributed by atoms with Crippen molar-refractivity contribution in [3.63, 3.8) is 0 Å². The number of ether oxygens (including phenoxy) is 3. The van der Waals surface area contributed by atoms with E-state index in [1.165, 1.54) is 37.3 Å². The van der Waals surface area contributed by atoms with Crippen LogP contribution in [0.4, 0.5) is 0 Å². The van der Waals surface area contributed by atoms with Gasteiger partial charge in [0.05, 0.1) is 24.5 Å². The largest absolute Gasteiger partial charge is 0.494 e. The molecule has 3 aromatic rings. The minimum atomic E-state index is -0.404. The number of aromatic nitrogens is 1. The van der Waals surface area contributed by atoms with E-state index in [2.05, 4.69) is 30.6 Å². The number of rotatable bonds is 20. The zero-order valence-electron chi connectivity index (χ0n) is 25.0. The van der Waals surface area contributed by atoms with Crippen LogP contribution in [0.5, 0.6) is 11.5 Å². The molecule has 0 radical (unpaired) electrons. The van der Waals surface area contributed by atoms with Crippen LogP contribution in [-0.4, -0.2) is 30.1 Å². The summed E-state index contributed by atoms with van der Waals surface area (Å²) < 4.78 is 16.4. The molecule has 1 heterocycles. The maximum absolute atomic E-state index is 12.6. The Balaban J connectivity index is 1.31. The van der Waals surface area contributed by atoms with Crippen molar-refractivity contribution in [2.24, 2.45) is 0 Å². The first-order valence-corrected chi connectivity index (χ1v) is 15.4. The molecule has 0 unspecified atom stereocenters. The summed E-state index contributed by atoms with van der Waals surface area (Å²) in [5, 5.41) is 0. The van der Waals surface area contributed by atoms with Crippen molar-refractivity contribution in [2.45, 2.75) is 84.0 Å². The molecule has 0 atom stereocenters. The van der Waals surface area contributed by atoms with Crippen LogP contribution in [0.2, 0.25) is 0 Å². The molecule has 0 aliphatic rings. The fourth-order valence-corrected chi connectivity index (χ4v) is 4.56. The Morgan fingerprint density at radius 2 is 1.38 bits per heavy atom. The molecular weight excluding hydrogens is 526 g/mol. The topological polar surface area (TPSA) is 74.7 Å². The lowest BCUT2D eigenvalue weighted by Gasteiger charge is -2.08. The van der Waals surface area contributed by atoms with Gasteiger partial charge in [-0.2, -0.15) is 0 Å². The van der Waals surface area contributed by atoms with E-state index in [-0.39, 0.29) is 5.97 Å². The average molecular weight is 572 g/mol. The third-order valence-corrected chi connectivity index (χ3v) is 7.06. The number of hydrogen-bond donors (Lipinski definition) is 0. The number of hydrogen-bond acceptors (Lipinski definition) is 6. The zero-order valence-corrected chi connectivity index (χ0v) is 25.0. The minimum absolute atomic E-state index is 0.353. The standard InChI is InChI=1S/C36H45NO5/c1-3-5-6-12-15-29-16-25-34(37-28-29)30-17-23-33(24-18-30)42-36(39)31-19-21-32(22-20-31)40-26-13-10-8-7-9-11-14-27-41-35(38)4-2/h4,16-25,28H,2-3,5-15,26-27H2,1H3. The van der Waals surface area contributed by atoms with Gasteiger partial charge in [0, 0.05) is 17.8 Å². The SMILES string of the molecule is C=CC(=O)OCCCCCCCCCOc1ccc(C(=O)Oc2ccc(-c3ccc(CCCCCC)cn3)cc2)cc1. The summed E-state index contributed by atoms with van der Waals surface area (Å²) in [6, 6.07) is 18.7. The Morgan fingerprint density at radius 3 is 2.02 bits per heavy atom. The molecule has 0 fully saturated rings. The smallest absolute Gasteiger partial charge is 0.343 e. The summed E-state index contributed by atoms with van der Waals surface area (Å²) in [5.41, 5.74) is 3.63. The summed E-state index contributed by atoms with van der Waals surface area (Å²) in [6.07, 6.45) is 16.7. The van der Waals surface area contributed by atoms with Gasteiger partial charge < -0.3 is 14.2 Å². The maximum Gasteiger partial charge on any atom is 0.343 e. The van der Waals surface area contributed by atoms with Gasteiger partial charge in [-0.3, -0.25) is 4.98 Å². The Hall–Kier alpha value is -3.93. The number of carbonyl (C=O) groups excluding carboxylic acids is 2. The Kier molecular flexibility index (Phi) is 14.9. The molecule has 2 aromatic carbocycles. The quantitative estimate of drug-likeness (QED) is 0.0583. The van der Waals surface area contributed by atoms with Crippen LogP contribution >= 0.6 is 0 Å². The van der Waals surface area contributed by atoms with Crippen LogP contribution in [0, 0.1) is 0 Å². The van der Waals surface area contributed by atoms with Gasteiger partial charge in [-0.25, -0.2) is 9.59 Å². The van der Waals surface area contributed by atoms with Gasteiger partial charge in [0.2, 0.25) is 0 Å². The predicted octanol–water partition coefficient (Wildman–Crippen LogP) is 8.93. The monoisotopic (exact) mass is 571 g/mol. The highest BCUT2D eigenvalue weighted by molar-refractivity contribution is 5.91. The molecule has 0 amide bonds. The molecule has 6 nitrogen and oxygen atoms in total. The first-order chi connectivity index (χ1) is 20.6. The molecule has 0 aliphatic heterocycles. The second-order valence-electron chi connectivity index (χ2n) is 10.5. The Labute approximate surface area is 251 Å². The van der Waals surface area contributed by atoms with E-state index in [9.17, 15) is 9.59 Å². The molecule has 3 rings (SSSR count). The minimum Gasteiger partial charge on any atom is -0.494 e. The lowest BCUT2D eigenvalue weighted by atomic mass is 10.1. The normalized spacial score (nSPS) is 10.7. The van der Waals surface area contributed by atoms with Crippen LogP contribution in [0.3, 0.4) is 0 Å². The molecule has 1 aromatic heterocycles. The molecule has 224 valence electrons. The third kappa shape index (κ3) is 12.3. The van der Waals surface area contributed by atoms with E-state index in [0.717, 1.165) is 68.4 Å². The van der Waals surface area contributed by atoms with Crippen molar-refractivity contribution in [2.75, 3.05) is 13.2 Å². The van der Waals surface area contributed by atoms with Gasteiger partial charge in [0.15, 0.2) is 0 Å². The van der Waals surface area contributed by atoms with Crippen LogP contribution in [-0.2, 0) is 16.0 Å². The highest BCUT2D eigenvalue weighted by atomic mass is 16.5. The van der Waals surface area contributed by atoms with Crippen molar-refractivity contribution >= 4 is 11.9 Å². The summed E-state index contributed by atoms with van der Waals surface area (Å²) in [7, 11) is 0. The zero-order chi connectivity index (χ0) is 29.8. The number of esters is 2. The molecule has 42 heavy (non-hydrogen) atoms. The van der Waals surface area contributed by atoms with Gasteiger partial charge in [-0.15, -0.1) is 0 Å². The molecular formula is C36H45NO5. The van der Waals surface area contributed by atoms with Crippen molar-refractivity contribution in [1.82, 2.24) is 4.98 Å². The Morgan fingerprint density at radius 1 is 0.738 bits per heavy atom. The van der Waals surface area contributed by atoms with E-state index >= 15 is 0 Å². The van der Waals surface area contributed by atoms with Crippen molar-refractivity contribution in [3.8, 4) is 22.8 Å². The maximum atomic E-state index is 12.6. The molecule has 0 saturated heterocycles.